The molecular weight excluding hydrogens is 278 g/mol. The zero-order chi connectivity index (χ0) is 15.4. The molecule has 114 valence electrons. The lowest BCUT2D eigenvalue weighted by Gasteiger charge is -2.21. The third kappa shape index (κ3) is 2.18. The number of hydrogen-bond acceptors (Lipinski definition) is 1. The van der Waals surface area contributed by atoms with Gasteiger partial charge in [-0.15, -0.1) is 0 Å². The number of nitrogens with zero attached hydrogens (tertiary/aromatic N) is 1. The molecule has 4 unspecified atom stereocenters. The maximum absolute atomic E-state index is 4.61. The van der Waals surface area contributed by atoms with E-state index in [1.807, 2.05) is 12.3 Å². The van der Waals surface area contributed by atoms with Crippen molar-refractivity contribution in [2.24, 2.45) is 23.2 Å². The predicted molar refractivity (Wildman–Crippen MR) is 94.5 cm³/mol. The van der Waals surface area contributed by atoms with Crippen LogP contribution in [-0.4, -0.2) is 4.98 Å². The molecule has 4 atom stereocenters. The van der Waals surface area contributed by atoms with Gasteiger partial charge in [-0.3, -0.25) is 4.98 Å². The van der Waals surface area contributed by atoms with Crippen LogP contribution in [0.5, 0.6) is 0 Å². The van der Waals surface area contributed by atoms with E-state index in [0.29, 0.717) is 5.92 Å². The summed E-state index contributed by atoms with van der Waals surface area (Å²) in [7, 11) is 0. The van der Waals surface area contributed by atoms with Crippen LogP contribution >= 0.6 is 0 Å². The molecule has 0 bridgehead atoms. The summed E-state index contributed by atoms with van der Waals surface area (Å²) in [5, 5.41) is 0. The molecule has 0 amide bonds. The molecule has 0 spiro atoms. The van der Waals surface area contributed by atoms with Gasteiger partial charge in [0.2, 0.25) is 0 Å². The van der Waals surface area contributed by atoms with E-state index in [4.69, 9.17) is 0 Å². The maximum Gasteiger partial charge on any atom is 0.0670 e. The predicted octanol–water partition coefficient (Wildman–Crippen LogP) is 5.12. The summed E-state index contributed by atoms with van der Waals surface area (Å²) in [5.74, 6) is 2.29. The Labute approximate surface area is 137 Å². The van der Waals surface area contributed by atoms with Crippen LogP contribution in [-0.2, 0) is 0 Å². The lowest BCUT2D eigenvalue weighted by Crippen LogP contribution is -2.08. The van der Waals surface area contributed by atoms with Gasteiger partial charge in [-0.2, -0.15) is 0 Å². The molecule has 23 heavy (non-hydrogen) atoms. The summed E-state index contributed by atoms with van der Waals surface area (Å²) in [5.41, 5.74) is 5.44. The highest BCUT2D eigenvalue weighted by Gasteiger charge is 2.55. The van der Waals surface area contributed by atoms with Crippen molar-refractivity contribution in [1.29, 1.82) is 0 Å². The average Bonchev–Trinajstić information content (AvgIpc) is 3.47. The van der Waals surface area contributed by atoms with E-state index in [2.05, 4.69) is 66.6 Å². The largest absolute Gasteiger partial charge is 0.257 e. The zero-order valence-corrected chi connectivity index (χ0v) is 13.4. The molecule has 5 rings (SSSR count). The third-order valence-corrected chi connectivity index (χ3v) is 5.74. The molecular formula is C22H21N. The molecule has 4 aliphatic carbocycles. The first kappa shape index (κ1) is 13.3. The highest BCUT2D eigenvalue weighted by Crippen LogP contribution is 2.64. The first-order chi connectivity index (χ1) is 11.2. The van der Waals surface area contributed by atoms with Gasteiger partial charge >= 0.3 is 0 Å². The van der Waals surface area contributed by atoms with Crippen LogP contribution in [0.25, 0.3) is 5.57 Å². The van der Waals surface area contributed by atoms with Gasteiger partial charge in [-0.1, -0.05) is 54.2 Å². The van der Waals surface area contributed by atoms with Crippen LogP contribution in [0.1, 0.15) is 25.5 Å². The van der Waals surface area contributed by atoms with Gasteiger partial charge in [0.25, 0.3) is 0 Å². The van der Waals surface area contributed by atoms with Crippen LogP contribution < -0.4 is 0 Å². The fourth-order valence-corrected chi connectivity index (χ4v) is 4.21. The summed E-state index contributed by atoms with van der Waals surface area (Å²) >= 11 is 0. The van der Waals surface area contributed by atoms with E-state index in [9.17, 15) is 0 Å². The Morgan fingerprint density at radius 3 is 3.00 bits per heavy atom. The molecule has 1 heteroatoms. The summed E-state index contributed by atoms with van der Waals surface area (Å²) in [4.78, 5) is 4.61. The van der Waals surface area contributed by atoms with Gasteiger partial charge in [0.15, 0.2) is 0 Å². The van der Waals surface area contributed by atoms with Crippen molar-refractivity contribution in [3.63, 3.8) is 0 Å². The lowest BCUT2D eigenvalue weighted by molar-refractivity contribution is 0.794. The molecule has 0 aliphatic heterocycles. The fourth-order valence-electron chi connectivity index (χ4n) is 4.21. The molecule has 0 radical (unpaired) electrons. The summed E-state index contributed by atoms with van der Waals surface area (Å²) in [6.45, 7) is 2.20. The van der Waals surface area contributed by atoms with Crippen molar-refractivity contribution in [2.75, 3.05) is 0 Å². The van der Waals surface area contributed by atoms with Crippen molar-refractivity contribution < 1.29 is 0 Å². The monoisotopic (exact) mass is 299 g/mol. The summed E-state index contributed by atoms with van der Waals surface area (Å²) in [6.07, 6.45) is 21.1. The molecule has 0 aromatic carbocycles. The molecule has 1 aromatic rings. The highest BCUT2D eigenvalue weighted by atomic mass is 14.7. The second kappa shape index (κ2) is 4.67. The first-order valence-corrected chi connectivity index (χ1v) is 8.66. The Hall–Kier alpha value is -2.15. The second-order valence-electron chi connectivity index (χ2n) is 7.46. The van der Waals surface area contributed by atoms with Gasteiger partial charge in [0.1, 0.15) is 0 Å². The van der Waals surface area contributed by atoms with Gasteiger partial charge < -0.3 is 0 Å². The molecule has 1 nitrogen and oxygen atoms in total. The van der Waals surface area contributed by atoms with E-state index < -0.39 is 0 Å². The average molecular weight is 299 g/mol. The van der Waals surface area contributed by atoms with Crippen molar-refractivity contribution in [3.05, 3.63) is 83.8 Å². The van der Waals surface area contributed by atoms with Crippen LogP contribution in [0.15, 0.2) is 78.1 Å². The van der Waals surface area contributed by atoms with Crippen molar-refractivity contribution in [2.45, 2.75) is 19.8 Å². The Balaban J connectivity index is 1.49. The Bertz CT molecular complexity index is 806. The van der Waals surface area contributed by atoms with Crippen LogP contribution in [0, 0.1) is 23.2 Å². The Kier molecular flexibility index (Phi) is 2.70. The van der Waals surface area contributed by atoms with Crippen molar-refractivity contribution in [3.8, 4) is 0 Å². The van der Waals surface area contributed by atoms with Crippen LogP contribution in [0.4, 0.5) is 0 Å². The van der Waals surface area contributed by atoms with E-state index in [1.165, 1.54) is 29.6 Å². The normalized spacial score (nSPS) is 36.7. The molecule has 4 aliphatic rings. The number of fused-ring (bicyclic) bond motifs is 2. The maximum atomic E-state index is 4.61. The lowest BCUT2D eigenvalue weighted by atomic mass is 9.84. The number of aromatic nitrogens is 1. The molecule has 0 saturated heterocycles. The summed E-state index contributed by atoms with van der Waals surface area (Å²) < 4.78 is 0. The van der Waals surface area contributed by atoms with Crippen molar-refractivity contribution in [1.82, 2.24) is 4.98 Å². The molecule has 2 saturated carbocycles. The Morgan fingerprint density at radius 2 is 2.17 bits per heavy atom. The Morgan fingerprint density at radius 1 is 1.22 bits per heavy atom. The molecule has 0 N–H and O–H groups in total. The van der Waals surface area contributed by atoms with Crippen LogP contribution in [0.3, 0.4) is 0 Å². The van der Waals surface area contributed by atoms with Gasteiger partial charge in [-0.05, 0) is 60.8 Å². The number of rotatable bonds is 3. The van der Waals surface area contributed by atoms with Gasteiger partial charge in [0, 0.05) is 11.6 Å². The quantitative estimate of drug-likeness (QED) is 0.755. The van der Waals surface area contributed by atoms with E-state index in [0.717, 1.165) is 17.5 Å². The molecule has 2 fully saturated rings. The SMILES string of the molecule is CC1=CC2CC2(/C=C/C2=CC3CC3C=C2)C(c2ccccn2)=C1. The van der Waals surface area contributed by atoms with Gasteiger partial charge in [-0.25, -0.2) is 0 Å². The second-order valence-corrected chi connectivity index (χ2v) is 7.46. The van der Waals surface area contributed by atoms with E-state index in [-0.39, 0.29) is 5.41 Å². The topological polar surface area (TPSA) is 12.9 Å². The third-order valence-electron chi connectivity index (χ3n) is 5.74. The van der Waals surface area contributed by atoms with Crippen molar-refractivity contribution >= 4 is 5.57 Å². The highest BCUT2D eigenvalue weighted by molar-refractivity contribution is 5.78. The summed E-state index contributed by atoms with van der Waals surface area (Å²) in [6, 6.07) is 6.22. The standard InChI is InChI=1S/C22H21N/c1-15-10-19-14-22(19,20(11-15)21-4-2-3-9-23-21)8-7-16-5-6-17-13-18(17)12-16/h2-12,17-19H,13-14H2,1H3/b8-7+. The van der Waals surface area contributed by atoms with E-state index in [1.54, 1.807) is 0 Å². The fraction of sp³-hybridized carbons (Fsp3) is 0.318. The minimum atomic E-state index is 0.170. The van der Waals surface area contributed by atoms with Crippen LogP contribution in [0.2, 0.25) is 0 Å². The first-order valence-electron chi connectivity index (χ1n) is 8.66. The van der Waals surface area contributed by atoms with Gasteiger partial charge in [0.05, 0.1) is 5.69 Å². The minimum Gasteiger partial charge on any atom is -0.257 e. The zero-order valence-electron chi connectivity index (χ0n) is 13.4. The molecule has 1 aromatic heterocycles. The number of allylic oxidation sites excluding steroid dienone is 10. The number of pyridine rings is 1. The number of hydrogen-bond donors (Lipinski definition) is 0. The minimum absolute atomic E-state index is 0.170. The van der Waals surface area contributed by atoms with E-state index >= 15 is 0 Å². The smallest absolute Gasteiger partial charge is 0.0670 e. The molecule has 1 heterocycles.